The van der Waals surface area contributed by atoms with Gasteiger partial charge in [-0.2, -0.15) is 0 Å². The van der Waals surface area contributed by atoms with Crippen molar-refractivity contribution in [2.75, 3.05) is 7.11 Å². The topological polar surface area (TPSA) is 81.2 Å². The summed E-state index contributed by atoms with van der Waals surface area (Å²) in [4.78, 5) is 4.02. The van der Waals surface area contributed by atoms with Gasteiger partial charge < -0.3 is 15.2 Å². The maximum Gasteiger partial charge on any atom is 0.141 e. The number of methoxy groups -OCH3 is 1. The van der Waals surface area contributed by atoms with Crippen molar-refractivity contribution < 1.29 is 9.47 Å². The molecule has 0 aliphatic rings. The molecule has 0 bridgehead atoms. The second-order valence-electron chi connectivity index (χ2n) is 3.93. The number of nitrogen functional groups attached to an aromatic ring is 1. The van der Waals surface area contributed by atoms with E-state index in [2.05, 4.69) is 4.98 Å². The number of ether oxygens (including phenoxy) is 2. The highest BCUT2D eigenvalue weighted by molar-refractivity contribution is 5.92. The van der Waals surface area contributed by atoms with Gasteiger partial charge in [-0.15, -0.1) is 0 Å². The van der Waals surface area contributed by atoms with Crippen LogP contribution in [0.4, 0.5) is 0 Å². The Morgan fingerprint density at radius 3 is 2.74 bits per heavy atom. The molecule has 0 amide bonds. The first kappa shape index (κ1) is 12.9. The zero-order chi connectivity index (χ0) is 13.7. The van der Waals surface area contributed by atoms with Crippen molar-refractivity contribution in [3.63, 3.8) is 0 Å². The second-order valence-corrected chi connectivity index (χ2v) is 3.93. The monoisotopic (exact) mass is 257 g/mol. The Balaban J connectivity index is 1.99. The summed E-state index contributed by atoms with van der Waals surface area (Å²) in [6, 6.07) is 11.1. The van der Waals surface area contributed by atoms with Crippen LogP contribution in [0.25, 0.3) is 0 Å². The molecular weight excluding hydrogens is 242 g/mol. The lowest BCUT2D eigenvalue weighted by atomic mass is 10.2. The Morgan fingerprint density at radius 2 is 2.11 bits per heavy atom. The summed E-state index contributed by atoms with van der Waals surface area (Å²) in [5, 5.41) is 7.25. The lowest BCUT2D eigenvalue weighted by Crippen LogP contribution is -2.12. The van der Waals surface area contributed by atoms with Crippen molar-refractivity contribution in [3.05, 3.63) is 53.9 Å². The van der Waals surface area contributed by atoms with Crippen LogP contribution < -0.4 is 15.2 Å². The van der Waals surface area contributed by atoms with Gasteiger partial charge in [0.1, 0.15) is 29.6 Å². The van der Waals surface area contributed by atoms with Crippen LogP contribution in [0.2, 0.25) is 0 Å². The van der Waals surface area contributed by atoms with Gasteiger partial charge in [-0.3, -0.25) is 5.41 Å². The molecule has 2 rings (SSSR count). The van der Waals surface area contributed by atoms with Crippen LogP contribution in [0, 0.1) is 5.41 Å². The van der Waals surface area contributed by atoms with Crippen molar-refractivity contribution >= 4 is 5.84 Å². The molecule has 5 nitrogen and oxygen atoms in total. The van der Waals surface area contributed by atoms with Gasteiger partial charge in [-0.05, 0) is 29.8 Å². The van der Waals surface area contributed by atoms with Crippen LogP contribution in [0.1, 0.15) is 11.3 Å². The Bertz CT molecular complexity index is 567. The van der Waals surface area contributed by atoms with Gasteiger partial charge in [-0.25, -0.2) is 4.98 Å². The van der Waals surface area contributed by atoms with Gasteiger partial charge in [0.2, 0.25) is 0 Å². The predicted octanol–water partition coefficient (Wildman–Crippen LogP) is 1.95. The van der Waals surface area contributed by atoms with Gasteiger partial charge in [-0.1, -0.05) is 12.1 Å². The number of nitrogens with zero attached hydrogens (tertiary/aromatic N) is 1. The molecule has 0 atom stereocenters. The summed E-state index contributed by atoms with van der Waals surface area (Å²) >= 11 is 0. The van der Waals surface area contributed by atoms with E-state index < -0.39 is 0 Å². The highest BCUT2D eigenvalue weighted by Gasteiger charge is 2.01. The van der Waals surface area contributed by atoms with E-state index in [9.17, 15) is 0 Å². The fourth-order valence-corrected chi connectivity index (χ4v) is 1.55. The number of hydrogen-bond donors (Lipinski definition) is 2. The molecule has 3 N–H and O–H groups in total. The minimum absolute atomic E-state index is 0.0562. The molecule has 0 saturated carbocycles. The number of aromatic nitrogens is 1. The highest BCUT2D eigenvalue weighted by Crippen LogP contribution is 2.15. The smallest absolute Gasteiger partial charge is 0.141 e. The van der Waals surface area contributed by atoms with E-state index in [0.29, 0.717) is 18.1 Å². The molecule has 1 aromatic carbocycles. The van der Waals surface area contributed by atoms with Crippen LogP contribution in [-0.2, 0) is 6.61 Å². The molecule has 0 unspecified atom stereocenters. The summed E-state index contributed by atoms with van der Waals surface area (Å²) in [6.45, 7) is 0.429. The zero-order valence-corrected chi connectivity index (χ0v) is 10.6. The first-order valence-electron chi connectivity index (χ1n) is 5.75. The van der Waals surface area contributed by atoms with Gasteiger partial charge in [0.05, 0.1) is 13.3 Å². The quantitative estimate of drug-likeness (QED) is 0.633. The predicted molar refractivity (Wildman–Crippen MR) is 72.6 cm³/mol. The number of hydrogen-bond acceptors (Lipinski definition) is 4. The van der Waals surface area contributed by atoms with E-state index in [1.807, 2.05) is 24.3 Å². The molecule has 1 aromatic heterocycles. The molecule has 0 saturated heterocycles. The average Bonchev–Trinajstić information content (AvgIpc) is 2.46. The largest absolute Gasteiger partial charge is 0.497 e. The third-order valence-electron chi connectivity index (χ3n) is 2.55. The number of pyridine rings is 1. The highest BCUT2D eigenvalue weighted by atomic mass is 16.5. The lowest BCUT2D eigenvalue weighted by Gasteiger charge is -2.07. The molecule has 98 valence electrons. The molecule has 2 aromatic rings. The number of nitrogens with two attached hydrogens (primary N) is 1. The Morgan fingerprint density at radius 1 is 1.26 bits per heavy atom. The fourth-order valence-electron chi connectivity index (χ4n) is 1.55. The summed E-state index contributed by atoms with van der Waals surface area (Å²) < 4.78 is 10.7. The van der Waals surface area contributed by atoms with Gasteiger partial charge in [0.25, 0.3) is 0 Å². The summed E-state index contributed by atoms with van der Waals surface area (Å²) in [7, 11) is 1.63. The third-order valence-corrected chi connectivity index (χ3v) is 2.55. The van der Waals surface area contributed by atoms with Crippen molar-refractivity contribution in [1.29, 1.82) is 5.41 Å². The Kier molecular flexibility index (Phi) is 3.97. The Hall–Kier alpha value is -2.56. The molecule has 0 aliphatic carbocycles. The molecular formula is C14H15N3O2. The van der Waals surface area contributed by atoms with Gasteiger partial charge in [0, 0.05) is 0 Å². The van der Waals surface area contributed by atoms with E-state index >= 15 is 0 Å². The van der Waals surface area contributed by atoms with Crippen molar-refractivity contribution in [2.24, 2.45) is 5.73 Å². The number of benzene rings is 1. The van der Waals surface area contributed by atoms with E-state index in [-0.39, 0.29) is 5.84 Å². The van der Waals surface area contributed by atoms with Crippen LogP contribution in [0.3, 0.4) is 0 Å². The van der Waals surface area contributed by atoms with E-state index in [4.69, 9.17) is 20.6 Å². The molecule has 0 radical (unpaired) electrons. The summed E-state index contributed by atoms with van der Waals surface area (Å²) in [6.07, 6.45) is 1.55. The van der Waals surface area contributed by atoms with Crippen LogP contribution in [-0.4, -0.2) is 17.9 Å². The summed E-state index contributed by atoms with van der Waals surface area (Å²) in [5.74, 6) is 1.37. The third kappa shape index (κ3) is 3.45. The van der Waals surface area contributed by atoms with Crippen LogP contribution in [0.15, 0.2) is 42.6 Å². The fraction of sp³-hybridized carbons (Fsp3) is 0.143. The normalized spacial score (nSPS) is 9.95. The number of amidine groups is 1. The molecule has 19 heavy (non-hydrogen) atoms. The Labute approximate surface area is 111 Å². The van der Waals surface area contributed by atoms with Crippen molar-refractivity contribution in [2.45, 2.75) is 6.61 Å². The zero-order valence-electron chi connectivity index (χ0n) is 10.6. The van der Waals surface area contributed by atoms with Crippen molar-refractivity contribution in [3.8, 4) is 11.5 Å². The maximum absolute atomic E-state index is 7.25. The summed E-state index contributed by atoms with van der Waals surface area (Å²) in [5.41, 5.74) is 6.77. The average molecular weight is 257 g/mol. The minimum Gasteiger partial charge on any atom is -0.497 e. The maximum atomic E-state index is 7.25. The van der Waals surface area contributed by atoms with Crippen molar-refractivity contribution in [1.82, 2.24) is 4.98 Å². The first-order valence-corrected chi connectivity index (χ1v) is 5.75. The van der Waals surface area contributed by atoms with E-state index in [0.717, 1.165) is 11.3 Å². The van der Waals surface area contributed by atoms with Crippen LogP contribution >= 0.6 is 0 Å². The van der Waals surface area contributed by atoms with Gasteiger partial charge in [0.15, 0.2) is 0 Å². The molecule has 1 heterocycles. The molecule has 5 heteroatoms. The number of nitrogens with one attached hydrogen (secondary N) is 1. The molecule has 0 spiro atoms. The van der Waals surface area contributed by atoms with Crippen LogP contribution in [0.5, 0.6) is 11.5 Å². The van der Waals surface area contributed by atoms with Gasteiger partial charge >= 0.3 is 0 Å². The number of rotatable bonds is 5. The standard InChI is InChI=1S/C14H15N3O2/c1-18-11-4-2-3-10(7-11)9-19-12-5-6-13(14(15)16)17-8-12/h2-8H,9H2,1H3,(H3,15,16). The minimum atomic E-state index is -0.0562. The lowest BCUT2D eigenvalue weighted by molar-refractivity contribution is 0.304. The molecule has 0 aliphatic heterocycles. The first-order chi connectivity index (χ1) is 9.19. The van der Waals surface area contributed by atoms with E-state index in [1.54, 1.807) is 25.4 Å². The molecule has 0 fully saturated rings. The van der Waals surface area contributed by atoms with E-state index in [1.165, 1.54) is 0 Å². The SMILES string of the molecule is COc1cccc(COc2ccc(C(=N)N)nc2)c1. The second kappa shape index (κ2) is 5.86.